The molecule has 1 N–H and O–H groups in total. The number of fused-ring (bicyclic) bond motifs is 1. The normalized spacial score (nSPS) is 19.5. The van der Waals surface area contributed by atoms with Crippen molar-refractivity contribution in [3.05, 3.63) is 68.7 Å². The lowest BCUT2D eigenvalue weighted by Gasteiger charge is -2.25. The summed E-state index contributed by atoms with van der Waals surface area (Å²) in [5.74, 6) is -0.492. The number of ketones is 1. The highest BCUT2D eigenvalue weighted by Crippen LogP contribution is 2.33. The average Bonchev–Trinajstić information content (AvgIpc) is 3.70. The minimum Gasteiger partial charge on any atom is -0.352 e. The van der Waals surface area contributed by atoms with E-state index in [1.807, 2.05) is 48.7 Å². The molecule has 4 heterocycles. The Morgan fingerprint density at radius 3 is 2.58 bits per heavy atom. The summed E-state index contributed by atoms with van der Waals surface area (Å²) in [5, 5.41) is 4.96. The second-order valence-electron chi connectivity index (χ2n) is 9.80. The molecule has 3 amide bonds. The van der Waals surface area contributed by atoms with Crippen LogP contribution >= 0.6 is 34.3 Å². The van der Waals surface area contributed by atoms with Gasteiger partial charge >= 0.3 is 0 Å². The highest BCUT2D eigenvalue weighted by atomic mass is 35.5. The van der Waals surface area contributed by atoms with Gasteiger partial charge in [-0.3, -0.25) is 19.2 Å². The molecular weight excluding hydrogens is 542 g/mol. The zero-order valence-corrected chi connectivity index (χ0v) is 23.3. The van der Waals surface area contributed by atoms with Crippen LogP contribution in [0.15, 0.2) is 53.9 Å². The second kappa shape index (κ2) is 11.4. The number of carbonyl (C=O) groups is 4. The molecule has 2 aromatic heterocycles. The molecule has 38 heavy (non-hydrogen) atoms. The molecule has 5 rings (SSSR count). The fraction of sp³-hybridized carbons (Fsp3) is 0.357. The molecule has 1 aromatic carbocycles. The van der Waals surface area contributed by atoms with E-state index < -0.39 is 6.04 Å². The third kappa shape index (κ3) is 5.55. The molecule has 2 aliphatic heterocycles. The first-order valence-corrected chi connectivity index (χ1v) is 14.7. The van der Waals surface area contributed by atoms with Gasteiger partial charge in [0.2, 0.25) is 5.91 Å². The van der Waals surface area contributed by atoms with E-state index in [0.29, 0.717) is 40.7 Å². The van der Waals surface area contributed by atoms with E-state index in [1.165, 1.54) is 11.3 Å². The molecule has 0 aliphatic carbocycles. The summed E-state index contributed by atoms with van der Waals surface area (Å²) in [6.07, 6.45) is 1.52. The Labute approximate surface area is 234 Å². The highest BCUT2D eigenvalue weighted by Gasteiger charge is 2.51. The van der Waals surface area contributed by atoms with E-state index in [4.69, 9.17) is 11.6 Å². The number of hydrogen-bond acceptors (Lipinski definition) is 6. The maximum absolute atomic E-state index is 13.1. The Hall–Kier alpha value is -3.01. The lowest BCUT2D eigenvalue weighted by molar-refractivity contribution is -0.137. The number of nitrogens with zero attached hydrogens (tertiary/aromatic N) is 2. The zero-order valence-electron chi connectivity index (χ0n) is 20.9. The summed E-state index contributed by atoms with van der Waals surface area (Å²) in [6, 6.07) is 14.0. The lowest BCUT2D eigenvalue weighted by Crippen LogP contribution is -2.44. The molecule has 2 saturated heterocycles. The Kier molecular flexibility index (Phi) is 7.97. The van der Waals surface area contributed by atoms with Gasteiger partial charge in [0.1, 0.15) is 6.04 Å². The third-order valence-corrected chi connectivity index (χ3v) is 9.32. The molecular formula is C28H28ClN3O4S2. The largest absolute Gasteiger partial charge is 0.352 e. The van der Waals surface area contributed by atoms with E-state index in [1.54, 1.807) is 33.3 Å². The summed E-state index contributed by atoms with van der Waals surface area (Å²) in [7, 11) is 0. The van der Waals surface area contributed by atoms with Crippen LogP contribution in [-0.4, -0.2) is 65.0 Å². The summed E-state index contributed by atoms with van der Waals surface area (Å²) in [4.78, 5) is 56.3. The molecule has 3 atom stereocenters. The number of rotatable bonds is 8. The van der Waals surface area contributed by atoms with Gasteiger partial charge in [-0.15, -0.1) is 22.7 Å². The van der Waals surface area contributed by atoms with Crippen LogP contribution < -0.4 is 5.32 Å². The van der Waals surface area contributed by atoms with Crippen LogP contribution in [0.1, 0.15) is 46.2 Å². The van der Waals surface area contributed by atoms with Gasteiger partial charge in [-0.25, -0.2) is 0 Å². The van der Waals surface area contributed by atoms with Gasteiger partial charge in [-0.1, -0.05) is 36.7 Å². The Balaban J connectivity index is 1.09. The second-order valence-corrected chi connectivity index (χ2v) is 12.5. The number of likely N-dealkylation sites (tertiary alicyclic amines) is 2. The van der Waals surface area contributed by atoms with Crippen LogP contribution in [0.25, 0.3) is 10.4 Å². The van der Waals surface area contributed by atoms with E-state index in [0.717, 1.165) is 10.4 Å². The number of thiophene rings is 2. The lowest BCUT2D eigenvalue weighted by atomic mass is 10.0. The Bertz CT molecular complexity index is 1340. The fourth-order valence-corrected chi connectivity index (χ4v) is 6.95. The number of carbonyl (C=O) groups excluding carboxylic acids is 4. The van der Waals surface area contributed by atoms with Crippen molar-refractivity contribution >= 4 is 57.8 Å². The first kappa shape index (κ1) is 26.6. The van der Waals surface area contributed by atoms with Crippen LogP contribution in [0, 0.1) is 5.92 Å². The monoisotopic (exact) mass is 569 g/mol. The fourth-order valence-electron chi connectivity index (χ4n) is 5.22. The quantitative estimate of drug-likeness (QED) is 0.415. The molecule has 3 unspecified atom stereocenters. The molecule has 7 nitrogen and oxygen atoms in total. The zero-order chi connectivity index (χ0) is 26.8. The van der Waals surface area contributed by atoms with Gasteiger partial charge in [-0.05, 0) is 60.0 Å². The van der Waals surface area contributed by atoms with Gasteiger partial charge in [0.15, 0.2) is 5.78 Å². The van der Waals surface area contributed by atoms with E-state index in [9.17, 15) is 19.2 Å². The first-order chi connectivity index (χ1) is 18.3. The van der Waals surface area contributed by atoms with Crippen molar-refractivity contribution in [3.63, 3.8) is 0 Å². The van der Waals surface area contributed by atoms with Gasteiger partial charge < -0.3 is 15.1 Å². The number of benzene rings is 1. The van der Waals surface area contributed by atoms with Crippen molar-refractivity contribution in [1.82, 2.24) is 15.1 Å². The predicted octanol–water partition coefficient (Wildman–Crippen LogP) is 4.97. The minimum absolute atomic E-state index is 0.0172. The van der Waals surface area contributed by atoms with Gasteiger partial charge in [0.05, 0.1) is 21.8 Å². The van der Waals surface area contributed by atoms with Crippen molar-refractivity contribution in [1.29, 1.82) is 0 Å². The highest BCUT2D eigenvalue weighted by molar-refractivity contribution is 7.18. The van der Waals surface area contributed by atoms with Crippen molar-refractivity contribution in [2.45, 2.75) is 38.3 Å². The van der Waals surface area contributed by atoms with Crippen LogP contribution in [0.3, 0.4) is 0 Å². The predicted molar refractivity (Wildman–Crippen MR) is 150 cm³/mol. The van der Waals surface area contributed by atoms with Crippen molar-refractivity contribution in [2.24, 2.45) is 5.92 Å². The number of halogens is 1. The molecule has 0 bridgehead atoms. The number of nitrogens with one attached hydrogen (secondary N) is 1. The number of Topliss-reactive ketones (excluding diaryl/α,β-unsaturated/α-hetero) is 1. The summed E-state index contributed by atoms with van der Waals surface area (Å²) in [6.45, 7) is 2.90. The van der Waals surface area contributed by atoms with E-state index in [2.05, 4.69) is 5.32 Å². The summed E-state index contributed by atoms with van der Waals surface area (Å²) in [5.41, 5.74) is 1.68. The molecule has 0 spiro atoms. The first-order valence-electron chi connectivity index (χ1n) is 12.6. The molecule has 2 fully saturated rings. The molecule has 10 heteroatoms. The van der Waals surface area contributed by atoms with Crippen LogP contribution in [0.4, 0.5) is 0 Å². The Morgan fingerprint density at radius 2 is 1.89 bits per heavy atom. The molecule has 2 aliphatic rings. The van der Waals surface area contributed by atoms with Crippen LogP contribution in [-0.2, 0) is 9.59 Å². The van der Waals surface area contributed by atoms with Crippen LogP contribution in [0.2, 0.25) is 4.34 Å². The van der Waals surface area contributed by atoms with Crippen molar-refractivity contribution in [3.8, 4) is 10.4 Å². The van der Waals surface area contributed by atoms with Crippen LogP contribution in [0.5, 0.6) is 0 Å². The summed E-state index contributed by atoms with van der Waals surface area (Å²) < 4.78 is 0.524. The van der Waals surface area contributed by atoms with Crippen molar-refractivity contribution in [2.75, 3.05) is 19.6 Å². The standard InChI is InChI=1S/C28H28ClN3O4S2/c1-17(10-12-30-27(35)19-6-4-18(5-7-19)22-3-2-14-37-22)15-25(34)31-13-11-20-26(31)21(33)16-32(20)28(36)23-8-9-24(29)38-23/h2-9,14,17,20,26H,10-13,15-16H2,1H3,(H,30,35). The van der Waals surface area contributed by atoms with Gasteiger partial charge in [0, 0.05) is 30.0 Å². The minimum atomic E-state index is -0.578. The number of amides is 3. The topological polar surface area (TPSA) is 86.8 Å². The summed E-state index contributed by atoms with van der Waals surface area (Å²) >= 11 is 8.83. The molecule has 0 saturated carbocycles. The Morgan fingerprint density at radius 1 is 1.11 bits per heavy atom. The number of hydrogen-bond donors (Lipinski definition) is 1. The van der Waals surface area contributed by atoms with Crippen molar-refractivity contribution < 1.29 is 19.2 Å². The third-order valence-electron chi connectivity index (χ3n) is 7.19. The average molecular weight is 570 g/mol. The molecule has 3 aromatic rings. The molecule has 0 radical (unpaired) electrons. The van der Waals surface area contributed by atoms with E-state index >= 15 is 0 Å². The van der Waals surface area contributed by atoms with E-state index in [-0.39, 0.29) is 48.4 Å². The molecule has 198 valence electrons. The van der Waals surface area contributed by atoms with Gasteiger partial charge in [-0.2, -0.15) is 0 Å². The van der Waals surface area contributed by atoms with Gasteiger partial charge in [0.25, 0.3) is 11.8 Å². The smallest absolute Gasteiger partial charge is 0.264 e. The maximum atomic E-state index is 13.1. The SMILES string of the molecule is CC(CCNC(=O)c1ccc(-c2cccs2)cc1)CC(=O)N1CCC2C1C(=O)CN2C(=O)c1ccc(Cl)s1. The maximum Gasteiger partial charge on any atom is 0.264 e.